The van der Waals surface area contributed by atoms with Crippen LogP contribution in [0.3, 0.4) is 0 Å². The molecule has 0 aliphatic carbocycles. The van der Waals surface area contributed by atoms with Crippen molar-refractivity contribution in [3.8, 4) is 11.5 Å². The Morgan fingerprint density at radius 1 is 0.667 bits per heavy atom. The summed E-state index contributed by atoms with van der Waals surface area (Å²) in [5.74, 6) is -0.256. The summed E-state index contributed by atoms with van der Waals surface area (Å²) in [6, 6.07) is 1.67. The number of benzene rings is 1. The number of phenolic OH excluding ortho intramolecular Hbond substituents is 1. The molecule has 60 heavy (non-hydrogen) atoms. The maximum Gasteiger partial charge on any atom is 0.306 e. The van der Waals surface area contributed by atoms with Crippen LogP contribution in [0.15, 0.2) is 41.5 Å². The molecule has 0 radical (unpaired) electrons. The zero-order valence-corrected chi connectivity index (χ0v) is 39.4. The molecule has 1 atom stereocenters. The molecular formula is C53H88O7. The van der Waals surface area contributed by atoms with Gasteiger partial charge < -0.3 is 19.3 Å². The molecule has 1 aromatic rings. The first-order valence-corrected chi connectivity index (χ1v) is 24.3. The molecule has 0 fully saturated rings. The van der Waals surface area contributed by atoms with E-state index in [4.69, 9.17) is 14.2 Å². The molecule has 1 aromatic carbocycles. The maximum absolute atomic E-state index is 12.8. The fourth-order valence-corrected chi connectivity index (χ4v) is 7.65. The van der Waals surface area contributed by atoms with Gasteiger partial charge in [0.15, 0.2) is 6.29 Å². The predicted molar refractivity (Wildman–Crippen MR) is 251 cm³/mol. The number of aldehydes is 1. The second-order valence-electron chi connectivity index (χ2n) is 17.3. The molecule has 0 bridgehead atoms. The van der Waals surface area contributed by atoms with E-state index >= 15 is 0 Å². The molecule has 7 nitrogen and oxygen atoms in total. The number of rotatable bonds is 39. The van der Waals surface area contributed by atoms with E-state index in [1.54, 1.807) is 6.07 Å². The molecular weight excluding hydrogens is 749 g/mol. The predicted octanol–water partition coefficient (Wildman–Crippen LogP) is 15.5. The maximum atomic E-state index is 12.8. The largest absolute Gasteiger partial charge is 0.507 e. The molecule has 7 heteroatoms. The van der Waals surface area contributed by atoms with Gasteiger partial charge in [-0.2, -0.15) is 0 Å². The van der Waals surface area contributed by atoms with Crippen LogP contribution in [0.2, 0.25) is 0 Å². The number of phenols is 1. The lowest BCUT2D eigenvalue weighted by Crippen LogP contribution is -2.17. The van der Waals surface area contributed by atoms with Gasteiger partial charge >= 0.3 is 11.9 Å². The third kappa shape index (κ3) is 28.2. The summed E-state index contributed by atoms with van der Waals surface area (Å²) < 4.78 is 17.1. The fourth-order valence-electron chi connectivity index (χ4n) is 7.65. The van der Waals surface area contributed by atoms with E-state index in [2.05, 4.69) is 26.0 Å². The molecule has 0 aliphatic rings. The van der Waals surface area contributed by atoms with Crippen molar-refractivity contribution < 1.29 is 33.7 Å². The van der Waals surface area contributed by atoms with E-state index in [0.29, 0.717) is 48.8 Å². The number of hydrogen-bond acceptors (Lipinski definition) is 7. The van der Waals surface area contributed by atoms with Gasteiger partial charge in [-0.15, -0.1) is 0 Å². The van der Waals surface area contributed by atoms with Crippen molar-refractivity contribution in [2.45, 2.75) is 240 Å². The van der Waals surface area contributed by atoms with Crippen molar-refractivity contribution in [2.24, 2.45) is 0 Å². The third-order valence-electron chi connectivity index (χ3n) is 11.3. The van der Waals surface area contributed by atoms with Gasteiger partial charge in [-0.25, -0.2) is 0 Å². The average Bonchev–Trinajstić information content (AvgIpc) is 3.22. The van der Waals surface area contributed by atoms with Gasteiger partial charge in [0.05, 0.1) is 12.7 Å². The highest BCUT2D eigenvalue weighted by Gasteiger charge is 2.19. The van der Waals surface area contributed by atoms with Crippen molar-refractivity contribution in [1.29, 1.82) is 0 Å². The molecule has 1 rings (SSSR count). The second-order valence-corrected chi connectivity index (χ2v) is 17.3. The quantitative estimate of drug-likeness (QED) is 0.0305. The van der Waals surface area contributed by atoms with Crippen molar-refractivity contribution in [2.75, 3.05) is 7.11 Å². The van der Waals surface area contributed by atoms with Crippen molar-refractivity contribution in [3.05, 3.63) is 58.2 Å². The minimum absolute atomic E-state index is 0.0950. The summed E-state index contributed by atoms with van der Waals surface area (Å²) in [5.41, 5.74) is 3.02. The molecule has 0 saturated heterocycles. The number of esters is 2. The van der Waals surface area contributed by atoms with Crippen LogP contribution >= 0.6 is 0 Å². The lowest BCUT2D eigenvalue weighted by Gasteiger charge is -2.17. The van der Waals surface area contributed by atoms with Crippen LogP contribution in [-0.2, 0) is 32.1 Å². The normalized spacial score (nSPS) is 12.1. The minimum Gasteiger partial charge on any atom is -0.507 e. The van der Waals surface area contributed by atoms with Gasteiger partial charge in [0.2, 0.25) is 0 Å². The Balaban J connectivity index is 2.50. The van der Waals surface area contributed by atoms with Crippen molar-refractivity contribution in [1.82, 2.24) is 0 Å². The topological polar surface area (TPSA) is 99.1 Å². The Morgan fingerprint density at radius 2 is 1.13 bits per heavy atom. The number of carbonyl (C=O) groups is 3. The zero-order valence-electron chi connectivity index (χ0n) is 39.4. The zero-order chi connectivity index (χ0) is 44.1. The molecule has 0 saturated carbocycles. The van der Waals surface area contributed by atoms with Gasteiger partial charge in [-0.05, 0) is 77.9 Å². The Labute approximate surface area is 367 Å². The average molecular weight is 837 g/mol. The lowest BCUT2D eigenvalue weighted by atomic mass is 9.98. The van der Waals surface area contributed by atoms with E-state index < -0.39 is 0 Å². The van der Waals surface area contributed by atoms with Gasteiger partial charge in [0.25, 0.3) is 0 Å². The van der Waals surface area contributed by atoms with Crippen LogP contribution < -0.4 is 4.74 Å². The smallest absolute Gasteiger partial charge is 0.306 e. The molecule has 1 N–H and O–H groups in total. The lowest BCUT2D eigenvalue weighted by molar-refractivity contribution is -0.147. The molecule has 0 aliphatic heterocycles. The van der Waals surface area contributed by atoms with Crippen LogP contribution in [0, 0.1) is 0 Å². The summed E-state index contributed by atoms with van der Waals surface area (Å²) in [5, 5.41) is 11.2. The van der Waals surface area contributed by atoms with E-state index in [0.717, 1.165) is 56.1 Å². The molecule has 0 aromatic heterocycles. The number of ether oxygens (including phenoxy) is 3. The van der Waals surface area contributed by atoms with Crippen LogP contribution in [0.4, 0.5) is 0 Å². The standard InChI is InChI=1S/C53H88O7/c1-7-9-11-13-15-17-19-21-22-24-26-28-30-32-34-36-52(56)60-47(39-44(3)4)40-45(5)37-38-48-50(58-6)41-46(49(42-54)53(48)57)43-59-51(55)35-33-31-29-27-25-23-20-18-16-14-12-10-8-2/h21-22,37,39,41-42,47,57H,7-20,23-36,38,40,43H2,1-6H3/b22-21-,45-37+/t47-/m1/s1. The fraction of sp³-hybridized carbons (Fsp3) is 0.717. The van der Waals surface area contributed by atoms with Crippen LogP contribution in [0.1, 0.15) is 242 Å². The second kappa shape index (κ2) is 37.4. The Kier molecular flexibility index (Phi) is 34.1. The Bertz CT molecular complexity index is 1370. The van der Waals surface area contributed by atoms with E-state index in [1.165, 1.54) is 129 Å². The van der Waals surface area contributed by atoms with Crippen molar-refractivity contribution >= 4 is 18.2 Å². The number of allylic oxidation sites excluding steroid dienone is 4. The summed E-state index contributed by atoms with van der Waals surface area (Å²) in [7, 11) is 1.51. The first-order chi connectivity index (χ1) is 29.2. The monoisotopic (exact) mass is 837 g/mol. The van der Waals surface area contributed by atoms with Gasteiger partial charge in [-0.1, -0.05) is 172 Å². The molecule has 0 spiro atoms. The van der Waals surface area contributed by atoms with E-state index in [-0.39, 0.29) is 36.0 Å². The molecule has 0 unspecified atom stereocenters. The number of unbranched alkanes of at least 4 members (excludes halogenated alkanes) is 23. The highest BCUT2D eigenvalue weighted by atomic mass is 16.5. The van der Waals surface area contributed by atoms with Crippen LogP contribution in [-0.4, -0.2) is 36.5 Å². The molecule has 0 heterocycles. The highest BCUT2D eigenvalue weighted by molar-refractivity contribution is 5.84. The molecule has 342 valence electrons. The number of hydrogen-bond donors (Lipinski definition) is 1. The first-order valence-electron chi connectivity index (χ1n) is 24.3. The molecule has 0 amide bonds. The number of carbonyl (C=O) groups excluding carboxylic acids is 3. The first kappa shape index (κ1) is 54.7. The van der Waals surface area contributed by atoms with Gasteiger partial charge in [-0.3, -0.25) is 14.4 Å². The SMILES string of the molecule is CCCCCCCC/C=C\CCCCCCCC(=O)O[C@H](C=C(C)C)C/C(C)=C/Cc1c(OC)cc(COC(=O)CCCCCCCCCCCCCCC)c(C=O)c1O. The van der Waals surface area contributed by atoms with E-state index in [1.807, 2.05) is 32.9 Å². The summed E-state index contributed by atoms with van der Waals surface area (Å²) in [4.78, 5) is 37.5. The van der Waals surface area contributed by atoms with Gasteiger partial charge in [0, 0.05) is 30.4 Å². The Morgan fingerprint density at radius 3 is 1.60 bits per heavy atom. The summed E-state index contributed by atoms with van der Waals surface area (Å²) in [6.45, 7) is 10.4. The number of aromatic hydroxyl groups is 1. The van der Waals surface area contributed by atoms with Crippen LogP contribution in [0.25, 0.3) is 0 Å². The number of methoxy groups -OCH3 is 1. The van der Waals surface area contributed by atoms with Crippen molar-refractivity contribution in [3.63, 3.8) is 0 Å². The summed E-state index contributed by atoms with van der Waals surface area (Å²) >= 11 is 0. The summed E-state index contributed by atoms with van der Waals surface area (Å²) in [6.07, 6.45) is 42.3. The minimum atomic E-state index is -0.389. The van der Waals surface area contributed by atoms with Gasteiger partial charge in [0.1, 0.15) is 24.2 Å². The Hall–Kier alpha value is -3.35. The third-order valence-corrected chi connectivity index (χ3v) is 11.3. The van der Waals surface area contributed by atoms with E-state index in [9.17, 15) is 19.5 Å². The highest BCUT2D eigenvalue weighted by Crippen LogP contribution is 2.35. The van der Waals surface area contributed by atoms with Crippen LogP contribution in [0.5, 0.6) is 11.5 Å².